The van der Waals surface area contributed by atoms with Crippen molar-refractivity contribution in [3.8, 4) is 0 Å². The molecule has 0 unspecified atom stereocenters. The highest BCUT2D eigenvalue weighted by molar-refractivity contribution is 5.21. The SMILES string of the molecule is c1ccc(C2NNC(c3ccccc3)NN2)cc1. The molecule has 0 atom stereocenters. The summed E-state index contributed by atoms with van der Waals surface area (Å²) in [5.74, 6) is 0. The lowest BCUT2D eigenvalue weighted by Gasteiger charge is -2.33. The van der Waals surface area contributed by atoms with Gasteiger partial charge < -0.3 is 0 Å². The first-order chi connectivity index (χ1) is 8.93. The van der Waals surface area contributed by atoms with Crippen molar-refractivity contribution in [1.29, 1.82) is 0 Å². The minimum absolute atomic E-state index is 0.0613. The predicted molar refractivity (Wildman–Crippen MR) is 70.9 cm³/mol. The molecule has 4 heteroatoms. The topological polar surface area (TPSA) is 48.1 Å². The number of hydrogen-bond acceptors (Lipinski definition) is 4. The van der Waals surface area contributed by atoms with E-state index in [0.29, 0.717) is 0 Å². The third-order valence-corrected chi connectivity index (χ3v) is 3.01. The fourth-order valence-electron chi connectivity index (χ4n) is 2.03. The van der Waals surface area contributed by atoms with Crippen LogP contribution in [0.1, 0.15) is 23.5 Å². The maximum atomic E-state index is 3.26. The van der Waals surface area contributed by atoms with Crippen LogP contribution in [-0.4, -0.2) is 0 Å². The summed E-state index contributed by atoms with van der Waals surface area (Å²) in [6.07, 6.45) is 0.123. The van der Waals surface area contributed by atoms with Gasteiger partial charge in [-0.3, -0.25) is 0 Å². The van der Waals surface area contributed by atoms with Crippen LogP contribution in [-0.2, 0) is 0 Å². The Morgan fingerprint density at radius 2 is 0.833 bits per heavy atom. The van der Waals surface area contributed by atoms with Crippen LogP contribution in [0.15, 0.2) is 60.7 Å². The average molecular weight is 240 g/mol. The zero-order valence-electron chi connectivity index (χ0n) is 9.93. The molecule has 0 amide bonds. The first-order valence-electron chi connectivity index (χ1n) is 6.05. The van der Waals surface area contributed by atoms with Gasteiger partial charge in [-0.15, -0.1) is 0 Å². The van der Waals surface area contributed by atoms with Gasteiger partial charge in [0.15, 0.2) is 0 Å². The van der Waals surface area contributed by atoms with E-state index < -0.39 is 0 Å². The molecule has 0 radical (unpaired) electrons. The molecule has 4 nitrogen and oxygen atoms in total. The Bertz CT molecular complexity index is 430. The first-order valence-corrected chi connectivity index (χ1v) is 6.05. The van der Waals surface area contributed by atoms with Crippen molar-refractivity contribution >= 4 is 0 Å². The second-order valence-corrected chi connectivity index (χ2v) is 4.26. The monoisotopic (exact) mass is 240 g/mol. The fraction of sp³-hybridized carbons (Fsp3) is 0.143. The fourth-order valence-corrected chi connectivity index (χ4v) is 2.03. The standard InChI is InChI=1S/C14H16N4/c1-3-7-11(8-4-1)13-15-17-14(18-16-13)12-9-5-2-6-10-12/h1-10,13-18H. The van der Waals surface area contributed by atoms with Crippen LogP contribution in [0.5, 0.6) is 0 Å². The Kier molecular flexibility index (Phi) is 3.34. The molecule has 4 N–H and O–H groups in total. The van der Waals surface area contributed by atoms with Crippen molar-refractivity contribution < 1.29 is 0 Å². The molecule has 3 rings (SSSR count). The quantitative estimate of drug-likeness (QED) is 0.644. The van der Waals surface area contributed by atoms with Gasteiger partial charge in [0.25, 0.3) is 0 Å². The van der Waals surface area contributed by atoms with E-state index in [9.17, 15) is 0 Å². The second-order valence-electron chi connectivity index (χ2n) is 4.26. The molecule has 1 aliphatic rings. The maximum Gasteiger partial charge on any atom is 0.109 e. The minimum atomic E-state index is 0.0613. The maximum absolute atomic E-state index is 3.26. The number of nitrogens with one attached hydrogen (secondary N) is 4. The summed E-state index contributed by atoms with van der Waals surface area (Å²) >= 11 is 0. The molecule has 0 aromatic heterocycles. The molecule has 2 aromatic rings. The molecule has 2 aromatic carbocycles. The third kappa shape index (κ3) is 2.42. The highest BCUT2D eigenvalue weighted by Gasteiger charge is 2.20. The van der Waals surface area contributed by atoms with Crippen molar-refractivity contribution in [1.82, 2.24) is 21.7 Å². The molecule has 1 heterocycles. The lowest BCUT2D eigenvalue weighted by atomic mass is 10.1. The highest BCUT2D eigenvalue weighted by Crippen LogP contribution is 2.14. The largest absolute Gasteiger partial charge is 0.234 e. The average Bonchev–Trinajstić information content (AvgIpc) is 2.49. The van der Waals surface area contributed by atoms with Crippen molar-refractivity contribution in [2.45, 2.75) is 12.3 Å². The Morgan fingerprint density at radius 3 is 1.17 bits per heavy atom. The van der Waals surface area contributed by atoms with Gasteiger partial charge in [0.2, 0.25) is 0 Å². The van der Waals surface area contributed by atoms with Crippen molar-refractivity contribution in [3.63, 3.8) is 0 Å². The summed E-state index contributed by atoms with van der Waals surface area (Å²) in [6, 6.07) is 20.5. The number of hydrazine groups is 2. The van der Waals surface area contributed by atoms with Gasteiger partial charge in [0, 0.05) is 0 Å². The molecule has 18 heavy (non-hydrogen) atoms. The van der Waals surface area contributed by atoms with Crippen LogP contribution >= 0.6 is 0 Å². The molecule has 1 fully saturated rings. The molecular weight excluding hydrogens is 224 g/mol. The Labute approximate surface area is 106 Å². The lowest BCUT2D eigenvalue weighted by Crippen LogP contribution is -2.59. The van der Waals surface area contributed by atoms with Crippen molar-refractivity contribution in [2.75, 3.05) is 0 Å². The Hall–Kier alpha value is -1.72. The smallest absolute Gasteiger partial charge is 0.109 e. The summed E-state index contributed by atoms with van der Waals surface area (Å²) < 4.78 is 0. The minimum Gasteiger partial charge on any atom is -0.234 e. The van der Waals surface area contributed by atoms with Crippen LogP contribution in [0.2, 0.25) is 0 Å². The van der Waals surface area contributed by atoms with Gasteiger partial charge >= 0.3 is 0 Å². The number of rotatable bonds is 2. The van der Waals surface area contributed by atoms with Crippen LogP contribution in [0.3, 0.4) is 0 Å². The number of hydrogen-bond donors (Lipinski definition) is 4. The highest BCUT2D eigenvalue weighted by atomic mass is 15.6. The Morgan fingerprint density at radius 1 is 0.500 bits per heavy atom. The van der Waals surface area contributed by atoms with E-state index >= 15 is 0 Å². The van der Waals surface area contributed by atoms with Gasteiger partial charge in [-0.1, -0.05) is 60.7 Å². The molecule has 1 saturated heterocycles. The molecule has 92 valence electrons. The molecule has 0 saturated carbocycles. The van der Waals surface area contributed by atoms with Gasteiger partial charge in [-0.25, -0.2) is 21.7 Å². The van der Waals surface area contributed by atoms with E-state index in [1.165, 1.54) is 11.1 Å². The van der Waals surface area contributed by atoms with Gasteiger partial charge in [-0.05, 0) is 11.1 Å². The van der Waals surface area contributed by atoms with E-state index in [-0.39, 0.29) is 12.3 Å². The summed E-state index contributed by atoms with van der Waals surface area (Å²) in [5, 5.41) is 0. The van der Waals surface area contributed by atoms with Gasteiger partial charge in [0.1, 0.15) is 12.3 Å². The van der Waals surface area contributed by atoms with Crippen LogP contribution in [0.25, 0.3) is 0 Å². The van der Waals surface area contributed by atoms with Crippen molar-refractivity contribution in [3.05, 3.63) is 71.8 Å². The summed E-state index contributed by atoms with van der Waals surface area (Å²) in [4.78, 5) is 0. The molecule has 1 aliphatic heterocycles. The van der Waals surface area contributed by atoms with Crippen LogP contribution in [0.4, 0.5) is 0 Å². The van der Waals surface area contributed by atoms with E-state index in [2.05, 4.69) is 46.0 Å². The predicted octanol–water partition coefficient (Wildman–Crippen LogP) is 1.59. The summed E-state index contributed by atoms with van der Waals surface area (Å²) in [5.41, 5.74) is 15.4. The van der Waals surface area contributed by atoms with Crippen LogP contribution < -0.4 is 21.7 Å². The summed E-state index contributed by atoms with van der Waals surface area (Å²) in [7, 11) is 0. The van der Waals surface area contributed by atoms with Crippen LogP contribution in [0, 0.1) is 0 Å². The molecule has 0 spiro atoms. The zero-order chi connectivity index (χ0) is 12.2. The molecule has 0 bridgehead atoms. The third-order valence-electron chi connectivity index (χ3n) is 3.01. The second kappa shape index (κ2) is 5.29. The van der Waals surface area contributed by atoms with Crippen molar-refractivity contribution in [2.24, 2.45) is 0 Å². The summed E-state index contributed by atoms with van der Waals surface area (Å²) in [6.45, 7) is 0. The lowest BCUT2D eigenvalue weighted by molar-refractivity contribution is 0.194. The van der Waals surface area contributed by atoms with Gasteiger partial charge in [-0.2, -0.15) is 0 Å². The van der Waals surface area contributed by atoms with Gasteiger partial charge in [0.05, 0.1) is 0 Å². The number of benzene rings is 2. The van der Waals surface area contributed by atoms with E-state index in [4.69, 9.17) is 0 Å². The Balaban J connectivity index is 1.65. The van der Waals surface area contributed by atoms with E-state index in [0.717, 1.165) is 0 Å². The normalized spacial score (nSPS) is 23.8. The first kappa shape index (κ1) is 11.4. The molecule has 0 aliphatic carbocycles. The molecular formula is C14H16N4. The zero-order valence-corrected chi connectivity index (χ0v) is 9.93. The van der Waals surface area contributed by atoms with E-state index in [1.807, 2.05) is 36.4 Å². The van der Waals surface area contributed by atoms with E-state index in [1.54, 1.807) is 0 Å².